The molecule has 0 radical (unpaired) electrons. The lowest BCUT2D eigenvalue weighted by molar-refractivity contribution is 0.0565. The van der Waals surface area contributed by atoms with Gasteiger partial charge in [-0.3, -0.25) is 9.67 Å². The second-order valence-electron chi connectivity index (χ2n) is 8.04. The zero-order valence-electron chi connectivity index (χ0n) is 17.2. The molecule has 1 aliphatic carbocycles. The minimum absolute atomic E-state index is 0.0171. The summed E-state index contributed by atoms with van der Waals surface area (Å²) in [5.41, 5.74) is 8.32. The van der Waals surface area contributed by atoms with Crippen molar-refractivity contribution in [3.63, 3.8) is 0 Å². The van der Waals surface area contributed by atoms with Gasteiger partial charge in [-0.15, -0.1) is 5.10 Å². The maximum absolute atomic E-state index is 14.6. The maximum atomic E-state index is 14.6. The van der Waals surface area contributed by atoms with E-state index in [-0.39, 0.29) is 28.0 Å². The van der Waals surface area contributed by atoms with E-state index in [0.29, 0.717) is 21.7 Å². The summed E-state index contributed by atoms with van der Waals surface area (Å²) in [7, 11) is 0. The minimum atomic E-state index is -2.80. The number of pyridine rings is 1. The van der Waals surface area contributed by atoms with E-state index in [2.05, 4.69) is 20.4 Å². The molecule has 0 amide bonds. The van der Waals surface area contributed by atoms with E-state index in [1.54, 1.807) is 35.3 Å². The van der Waals surface area contributed by atoms with Gasteiger partial charge in [-0.2, -0.15) is 18.6 Å². The number of halogens is 4. The van der Waals surface area contributed by atoms with E-state index in [0.717, 1.165) is 25.0 Å². The highest BCUT2D eigenvalue weighted by atomic mass is 35.5. The van der Waals surface area contributed by atoms with Crippen LogP contribution in [0.25, 0.3) is 22.4 Å². The van der Waals surface area contributed by atoms with Crippen molar-refractivity contribution in [3.05, 3.63) is 65.6 Å². The summed E-state index contributed by atoms with van der Waals surface area (Å²) < 4.78 is 43.2. The molecule has 7 nitrogen and oxygen atoms in total. The third-order valence-electron chi connectivity index (χ3n) is 5.77. The quantitative estimate of drug-likeness (QED) is 0.365. The third kappa shape index (κ3) is 4.18. The number of nitrogen functional groups attached to an aromatic ring is 1. The summed E-state index contributed by atoms with van der Waals surface area (Å²) in [6.07, 6.45) is 9.07. The average Bonchev–Trinajstić information content (AvgIpc) is 3.27. The summed E-state index contributed by atoms with van der Waals surface area (Å²) >= 11 is 5.92. The standard InChI is InChI=1S/C22H19ClF3N7/c23-15-4-5-16(27)20(21(15)24)13-3-6-17(28-8-13)18(7-12-1-2-12)32-11-14(9-30-32)19-10-29-31-33(19)22(25)26/h3-6,8-12,18,22H,1-2,7,27H2. The van der Waals surface area contributed by atoms with Gasteiger partial charge in [0.2, 0.25) is 0 Å². The van der Waals surface area contributed by atoms with Crippen molar-refractivity contribution >= 4 is 17.3 Å². The van der Waals surface area contributed by atoms with Crippen LogP contribution in [-0.2, 0) is 0 Å². The van der Waals surface area contributed by atoms with Crippen molar-refractivity contribution in [2.75, 3.05) is 5.73 Å². The van der Waals surface area contributed by atoms with Crippen LogP contribution in [-0.4, -0.2) is 29.8 Å². The van der Waals surface area contributed by atoms with E-state index >= 15 is 0 Å². The van der Waals surface area contributed by atoms with Crippen LogP contribution in [0.2, 0.25) is 5.02 Å². The van der Waals surface area contributed by atoms with Gasteiger partial charge in [0, 0.05) is 34.8 Å². The van der Waals surface area contributed by atoms with E-state index in [1.807, 2.05) is 0 Å². The molecule has 3 heterocycles. The zero-order chi connectivity index (χ0) is 23.1. The Hall–Kier alpha value is -3.40. The number of benzene rings is 1. The number of hydrogen-bond acceptors (Lipinski definition) is 5. The first-order valence-electron chi connectivity index (χ1n) is 10.3. The number of nitrogens with two attached hydrogens (primary N) is 1. The molecule has 4 aromatic rings. The number of rotatable bonds is 7. The number of aromatic nitrogens is 6. The normalized spacial score (nSPS) is 14.7. The molecule has 1 aliphatic rings. The van der Waals surface area contributed by atoms with Crippen molar-refractivity contribution < 1.29 is 13.2 Å². The summed E-state index contributed by atoms with van der Waals surface area (Å²) in [5, 5.41) is 11.4. The first-order chi connectivity index (χ1) is 15.9. The first-order valence-corrected chi connectivity index (χ1v) is 10.7. The molecule has 0 spiro atoms. The van der Waals surface area contributed by atoms with Crippen LogP contribution in [0.4, 0.5) is 18.9 Å². The highest BCUT2D eigenvalue weighted by molar-refractivity contribution is 6.31. The molecule has 5 rings (SSSR count). The van der Waals surface area contributed by atoms with Gasteiger partial charge in [0.1, 0.15) is 0 Å². The van der Waals surface area contributed by atoms with Crippen molar-refractivity contribution in [2.45, 2.75) is 31.9 Å². The van der Waals surface area contributed by atoms with Crippen molar-refractivity contribution in [1.82, 2.24) is 29.8 Å². The van der Waals surface area contributed by atoms with Crippen LogP contribution in [0.1, 0.15) is 37.5 Å². The van der Waals surface area contributed by atoms with Crippen LogP contribution in [0.3, 0.4) is 0 Å². The predicted octanol–water partition coefficient (Wildman–Crippen LogP) is 5.36. The van der Waals surface area contributed by atoms with E-state index < -0.39 is 12.4 Å². The summed E-state index contributed by atoms with van der Waals surface area (Å²) in [6, 6.07) is 6.29. The Morgan fingerprint density at radius 1 is 1.09 bits per heavy atom. The Labute approximate surface area is 192 Å². The lowest BCUT2D eigenvalue weighted by Crippen LogP contribution is -2.13. The number of nitrogens with zero attached hydrogens (tertiary/aromatic N) is 6. The molecule has 33 heavy (non-hydrogen) atoms. The fourth-order valence-corrected chi connectivity index (χ4v) is 4.04. The van der Waals surface area contributed by atoms with Crippen molar-refractivity contribution in [2.24, 2.45) is 5.92 Å². The lowest BCUT2D eigenvalue weighted by atomic mass is 10.0. The highest BCUT2D eigenvalue weighted by Gasteiger charge is 2.29. The van der Waals surface area contributed by atoms with Crippen LogP contribution in [0, 0.1) is 11.7 Å². The van der Waals surface area contributed by atoms with E-state index in [9.17, 15) is 13.2 Å². The van der Waals surface area contributed by atoms with Crippen LogP contribution < -0.4 is 5.73 Å². The number of alkyl halides is 2. The topological polar surface area (TPSA) is 87.4 Å². The Morgan fingerprint density at radius 2 is 1.91 bits per heavy atom. The molecule has 0 bridgehead atoms. The van der Waals surface area contributed by atoms with Crippen LogP contribution in [0.5, 0.6) is 0 Å². The Balaban J connectivity index is 1.48. The first kappa shape index (κ1) is 21.4. The second-order valence-corrected chi connectivity index (χ2v) is 8.45. The predicted molar refractivity (Wildman–Crippen MR) is 117 cm³/mol. The SMILES string of the molecule is Nc1ccc(Cl)c(F)c1-c1ccc(C(CC2CC2)n2cc(-c3cnnn3C(F)F)cn2)nc1. The van der Waals surface area contributed by atoms with Gasteiger partial charge in [-0.05, 0) is 30.5 Å². The average molecular weight is 474 g/mol. The lowest BCUT2D eigenvalue weighted by Gasteiger charge is -2.18. The molecule has 3 aromatic heterocycles. The van der Waals surface area contributed by atoms with E-state index in [4.69, 9.17) is 17.3 Å². The fourth-order valence-electron chi connectivity index (χ4n) is 3.88. The van der Waals surface area contributed by atoms with E-state index in [1.165, 1.54) is 18.5 Å². The molecule has 170 valence electrons. The molecule has 2 N–H and O–H groups in total. The van der Waals surface area contributed by atoms with Gasteiger partial charge in [-0.1, -0.05) is 35.7 Å². The van der Waals surface area contributed by atoms with Gasteiger partial charge < -0.3 is 5.73 Å². The zero-order valence-corrected chi connectivity index (χ0v) is 18.0. The third-order valence-corrected chi connectivity index (χ3v) is 6.07. The number of anilines is 1. The van der Waals surface area contributed by atoms with Crippen LogP contribution >= 0.6 is 11.6 Å². The van der Waals surface area contributed by atoms with Gasteiger partial charge in [0.05, 0.1) is 34.8 Å². The van der Waals surface area contributed by atoms with Crippen LogP contribution in [0.15, 0.2) is 49.1 Å². The molecule has 1 saturated carbocycles. The van der Waals surface area contributed by atoms with Crippen molar-refractivity contribution in [3.8, 4) is 22.4 Å². The molecule has 1 atom stereocenters. The molecule has 11 heteroatoms. The summed E-state index contributed by atoms with van der Waals surface area (Å²) in [6.45, 7) is -2.80. The molecule has 0 aliphatic heterocycles. The fraction of sp³-hybridized carbons (Fsp3) is 0.273. The molecule has 1 fully saturated rings. The molecular formula is C22H19ClF3N7. The second kappa shape index (κ2) is 8.51. The highest BCUT2D eigenvalue weighted by Crippen LogP contribution is 2.40. The Bertz CT molecular complexity index is 1280. The molecule has 0 saturated heterocycles. The van der Waals surface area contributed by atoms with Gasteiger partial charge in [0.25, 0.3) is 0 Å². The Kier molecular flexibility index (Phi) is 5.53. The largest absolute Gasteiger partial charge is 0.398 e. The summed E-state index contributed by atoms with van der Waals surface area (Å²) in [5.74, 6) is -0.0554. The van der Waals surface area contributed by atoms with Crippen molar-refractivity contribution in [1.29, 1.82) is 0 Å². The van der Waals surface area contributed by atoms with Gasteiger partial charge in [-0.25, -0.2) is 4.39 Å². The molecule has 1 unspecified atom stereocenters. The molecule has 1 aromatic carbocycles. The molecular weight excluding hydrogens is 455 g/mol. The van der Waals surface area contributed by atoms with Gasteiger partial charge >= 0.3 is 6.55 Å². The monoisotopic (exact) mass is 473 g/mol. The Morgan fingerprint density at radius 3 is 2.61 bits per heavy atom. The maximum Gasteiger partial charge on any atom is 0.335 e. The number of hydrogen-bond donors (Lipinski definition) is 1. The van der Waals surface area contributed by atoms with Gasteiger partial charge in [0.15, 0.2) is 5.82 Å². The summed E-state index contributed by atoms with van der Waals surface area (Å²) in [4.78, 5) is 4.57. The smallest absolute Gasteiger partial charge is 0.335 e. The minimum Gasteiger partial charge on any atom is -0.398 e.